The van der Waals surface area contributed by atoms with Gasteiger partial charge in [0, 0.05) is 23.8 Å². The van der Waals surface area contributed by atoms with Gasteiger partial charge in [0.25, 0.3) is 0 Å². The lowest BCUT2D eigenvalue weighted by molar-refractivity contribution is 0.126. The van der Waals surface area contributed by atoms with E-state index in [1.54, 1.807) is 6.20 Å². The molecule has 1 aliphatic carbocycles. The van der Waals surface area contributed by atoms with Crippen molar-refractivity contribution < 1.29 is 5.11 Å². The van der Waals surface area contributed by atoms with Gasteiger partial charge in [-0.25, -0.2) is 4.98 Å². The second-order valence-electron chi connectivity index (χ2n) is 6.64. The maximum Gasteiger partial charge on any atom is 0.224 e. The van der Waals surface area contributed by atoms with Gasteiger partial charge in [0.2, 0.25) is 5.95 Å². The lowest BCUT2D eigenvalue weighted by Crippen LogP contribution is -2.29. The van der Waals surface area contributed by atoms with Gasteiger partial charge in [-0.1, -0.05) is 12.1 Å². The molecule has 0 radical (unpaired) electrons. The molecule has 0 bridgehead atoms. The lowest BCUT2D eigenvalue weighted by Gasteiger charge is -2.26. The average Bonchev–Trinajstić information content (AvgIpc) is 3.00. The zero-order chi connectivity index (χ0) is 16.5. The number of fused-ring (bicyclic) bond motifs is 1. The molecule has 1 aromatic carbocycles. The Hall–Kier alpha value is -2.40. The van der Waals surface area contributed by atoms with E-state index in [4.69, 9.17) is 0 Å². The maximum absolute atomic E-state index is 9.62. The van der Waals surface area contributed by atoms with Gasteiger partial charge in [-0.05, 0) is 56.4 Å². The number of aryl methyl sites for hydroxylation is 1. The molecule has 5 heteroatoms. The van der Waals surface area contributed by atoms with Crippen LogP contribution in [0.3, 0.4) is 0 Å². The van der Waals surface area contributed by atoms with Gasteiger partial charge < -0.3 is 15.0 Å². The zero-order valence-electron chi connectivity index (χ0n) is 13.8. The Morgan fingerprint density at radius 3 is 2.79 bits per heavy atom. The molecule has 1 fully saturated rings. The minimum atomic E-state index is -0.148. The fourth-order valence-corrected chi connectivity index (χ4v) is 3.39. The van der Waals surface area contributed by atoms with Crippen LogP contribution in [0, 0.1) is 6.92 Å². The molecule has 2 N–H and O–H groups in total. The van der Waals surface area contributed by atoms with E-state index in [2.05, 4.69) is 51.0 Å². The summed E-state index contributed by atoms with van der Waals surface area (Å²) in [6.07, 6.45) is 7.31. The van der Waals surface area contributed by atoms with Crippen LogP contribution in [0.2, 0.25) is 0 Å². The lowest BCUT2D eigenvalue weighted by atomic mass is 9.93. The molecule has 0 amide bonds. The second kappa shape index (κ2) is 6.24. The highest BCUT2D eigenvalue weighted by Crippen LogP contribution is 2.23. The number of rotatable bonds is 3. The number of anilines is 1. The number of hydrogen-bond acceptors (Lipinski definition) is 4. The number of hydrogen-bond donors (Lipinski definition) is 2. The van der Waals surface area contributed by atoms with Crippen LogP contribution in [0.15, 0.2) is 42.7 Å². The topological polar surface area (TPSA) is 63.0 Å². The maximum atomic E-state index is 9.62. The molecular formula is C19H22N4O. The summed E-state index contributed by atoms with van der Waals surface area (Å²) in [6, 6.07) is 10.8. The summed E-state index contributed by atoms with van der Waals surface area (Å²) >= 11 is 0. The van der Waals surface area contributed by atoms with E-state index in [0.717, 1.165) is 37.0 Å². The van der Waals surface area contributed by atoms with Crippen LogP contribution in [0.25, 0.3) is 16.7 Å². The van der Waals surface area contributed by atoms with Crippen LogP contribution in [0.5, 0.6) is 0 Å². The Kier molecular flexibility index (Phi) is 3.94. The first-order chi connectivity index (χ1) is 11.7. The summed E-state index contributed by atoms with van der Waals surface area (Å²) in [5.74, 6) is 1.52. The van der Waals surface area contributed by atoms with Gasteiger partial charge in [0.05, 0.1) is 11.6 Å². The molecular weight excluding hydrogens is 300 g/mol. The van der Waals surface area contributed by atoms with Crippen LogP contribution in [-0.4, -0.2) is 31.8 Å². The Bertz CT molecular complexity index is 849. The van der Waals surface area contributed by atoms with E-state index in [1.165, 1.54) is 10.9 Å². The van der Waals surface area contributed by atoms with E-state index < -0.39 is 0 Å². The quantitative estimate of drug-likeness (QED) is 0.775. The van der Waals surface area contributed by atoms with Gasteiger partial charge in [0.1, 0.15) is 5.82 Å². The molecule has 5 nitrogen and oxygen atoms in total. The molecule has 24 heavy (non-hydrogen) atoms. The number of benzene rings is 1. The largest absolute Gasteiger partial charge is 0.393 e. The Labute approximate surface area is 141 Å². The summed E-state index contributed by atoms with van der Waals surface area (Å²) < 4.78 is 2.10. The summed E-state index contributed by atoms with van der Waals surface area (Å²) in [5.41, 5.74) is 2.39. The molecule has 4 rings (SSSR count). The van der Waals surface area contributed by atoms with Crippen molar-refractivity contribution in [3.8, 4) is 5.82 Å². The van der Waals surface area contributed by atoms with Crippen molar-refractivity contribution in [2.75, 3.05) is 5.32 Å². The molecule has 2 aromatic heterocycles. The van der Waals surface area contributed by atoms with Crippen molar-refractivity contribution in [3.63, 3.8) is 0 Å². The van der Waals surface area contributed by atoms with Gasteiger partial charge >= 0.3 is 0 Å². The summed E-state index contributed by atoms with van der Waals surface area (Å²) in [5, 5.41) is 14.2. The van der Waals surface area contributed by atoms with Crippen LogP contribution in [0.1, 0.15) is 31.2 Å². The first-order valence-electron chi connectivity index (χ1n) is 8.55. The molecule has 0 atom stereocenters. The zero-order valence-corrected chi connectivity index (χ0v) is 13.8. The van der Waals surface area contributed by atoms with Crippen molar-refractivity contribution in [2.24, 2.45) is 0 Å². The molecule has 0 unspecified atom stereocenters. The summed E-state index contributed by atoms with van der Waals surface area (Å²) in [6.45, 7) is 2.10. The monoisotopic (exact) mass is 322 g/mol. The number of aliphatic hydroxyl groups is 1. The van der Waals surface area contributed by atoms with E-state index >= 15 is 0 Å². The van der Waals surface area contributed by atoms with E-state index in [9.17, 15) is 5.11 Å². The van der Waals surface area contributed by atoms with E-state index in [-0.39, 0.29) is 6.10 Å². The first-order valence-corrected chi connectivity index (χ1v) is 8.55. The Balaban J connectivity index is 1.61. The number of nitrogens with zero attached hydrogens (tertiary/aromatic N) is 3. The molecule has 0 aliphatic heterocycles. The van der Waals surface area contributed by atoms with Gasteiger partial charge in [-0.15, -0.1) is 0 Å². The predicted octanol–water partition coefficient (Wildman–Crippen LogP) is 3.44. The normalized spacial score (nSPS) is 21.1. The van der Waals surface area contributed by atoms with Crippen LogP contribution in [0.4, 0.5) is 5.95 Å². The Morgan fingerprint density at radius 1 is 1.12 bits per heavy atom. The molecule has 0 saturated heterocycles. The van der Waals surface area contributed by atoms with Gasteiger partial charge in [-0.2, -0.15) is 4.98 Å². The third kappa shape index (κ3) is 2.99. The van der Waals surface area contributed by atoms with Crippen LogP contribution >= 0.6 is 0 Å². The molecule has 1 aliphatic rings. The standard InChI is InChI=1S/C19H22N4O/c1-13-2-3-14-9-11-23(17(14)12-13)18-8-10-20-19(22-18)21-15-4-6-16(24)7-5-15/h2-3,8-12,15-16,24H,4-7H2,1H3,(H,20,21,22)/t15-,16-. The SMILES string of the molecule is Cc1ccc2ccn(-c3ccnc(N[C@H]4CC[C@H](O)CC4)n3)c2c1. The second-order valence-corrected chi connectivity index (χ2v) is 6.64. The third-order valence-corrected chi connectivity index (χ3v) is 4.77. The highest BCUT2D eigenvalue weighted by Gasteiger charge is 2.20. The highest BCUT2D eigenvalue weighted by atomic mass is 16.3. The molecule has 3 aromatic rings. The van der Waals surface area contributed by atoms with E-state index in [0.29, 0.717) is 12.0 Å². The highest BCUT2D eigenvalue weighted by molar-refractivity contribution is 5.82. The minimum Gasteiger partial charge on any atom is -0.393 e. The van der Waals surface area contributed by atoms with Crippen LogP contribution < -0.4 is 5.32 Å². The predicted molar refractivity (Wildman–Crippen MR) is 95.5 cm³/mol. The molecule has 1 saturated carbocycles. The van der Waals surface area contributed by atoms with Gasteiger partial charge in [-0.3, -0.25) is 0 Å². The smallest absolute Gasteiger partial charge is 0.224 e. The fourth-order valence-electron chi connectivity index (χ4n) is 3.39. The molecule has 124 valence electrons. The van der Waals surface area contributed by atoms with Crippen molar-refractivity contribution in [2.45, 2.75) is 44.8 Å². The van der Waals surface area contributed by atoms with Crippen molar-refractivity contribution in [1.82, 2.24) is 14.5 Å². The number of aromatic nitrogens is 3. The van der Waals surface area contributed by atoms with Crippen molar-refractivity contribution in [3.05, 3.63) is 48.3 Å². The average molecular weight is 322 g/mol. The van der Waals surface area contributed by atoms with Crippen molar-refractivity contribution in [1.29, 1.82) is 0 Å². The van der Waals surface area contributed by atoms with E-state index in [1.807, 2.05) is 12.3 Å². The van der Waals surface area contributed by atoms with Crippen LogP contribution in [-0.2, 0) is 0 Å². The van der Waals surface area contributed by atoms with Crippen molar-refractivity contribution >= 4 is 16.9 Å². The Morgan fingerprint density at radius 2 is 1.96 bits per heavy atom. The molecule has 0 spiro atoms. The fraction of sp³-hybridized carbons (Fsp3) is 0.368. The summed E-state index contributed by atoms with van der Waals surface area (Å²) in [7, 11) is 0. The third-order valence-electron chi connectivity index (χ3n) is 4.77. The number of aliphatic hydroxyl groups excluding tert-OH is 1. The minimum absolute atomic E-state index is 0.148. The number of nitrogens with one attached hydrogen (secondary N) is 1. The van der Waals surface area contributed by atoms with Gasteiger partial charge in [0.15, 0.2) is 0 Å². The molecule has 2 heterocycles. The summed E-state index contributed by atoms with van der Waals surface area (Å²) in [4.78, 5) is 9.05. The first kappa shape index (κ1) is 15.1.